The van der Waals surface area contributed by atoms with Gasteiger partial charge in [0, 0.05) is 12.7 Å². The number of halogens is 2. The number of para-hydroxylation sites is 1. The molecule has 0 heterocycles. The Morgan fingerprint density at radius 1 is 1.11 bits per heavy atom. The minimum atomic E-state index is -0.639. The minimum Gasteiger partial charge on any atom is -0.387 e. The van der Waals surface area contributed by atoms with Crippen molar-refractivity contribution in [3.05, 3.63) is 58.9 Å². The first kappa shape index (κ1) is 13.4. The molecule has 19 heavy (non-hydrogen) atoms. The van der Waals surface area contributed by atoms with E-state index in [9.17, 15) is 9.18 Å². The van der Waals surface area contributed by atoms with Crippen molar-refractivity contribution in [1.29, 1.82) is 0 Å². The van der Waals surface area contributed by atoms with Crippen LogP contribution in [0.15, 0.2) is 42.5 Å². The summed E-state index contributed by atoms with van der Waals surface area (Å²) in [5.74, 6) is -1.04. The Balaban J connectivity index is 2.28. The molecule has 98 valence electrons. The molecule has 0 aliphatic rings. The highest BCUT2D eigenvalue weighted by Gasteiger charge is 2.13. The van der Waals surface area contributed by atoms with Crippen LogP contribution in [0.25, 0.3) is 0 Å². The first-order valence-electron chi connectivity index (χ1n) is 5.65. The third-order valence-electron chi connectivity index (χ3n) is 2.64. The molecule has 2 rings (SSSR count). The summed E-state index contributed by atoms with van der Waals surface area (Å²) >= 11 is 5.66. The molecule has 0 atom stereocenters. The van der Waals surface area contributed by atoms with E-state index in [0.29, 0.717) is 11.3 Å². The first-order valence-corrected chi connectivity index (χ1v) is 6.03. The normalized spacial score (nSPS) is 10.1. The highest BCUT2D eigenvalue weighted by atomic mass is 35.5. The summed E-state index contributed by atoms with van der Waals surface area (Å²) in [7, 11) is 1.71. The molecule has 0 aromatic heterocycles. The fourth-order valence-corrected chi connectivity index (χ4v) is 1.86. The summed E-state index contributed by atoms with van der Waals surface area (Å²) in [4.78, 5) is 12.1. The zero-order chi connectivity index (χ0) is 13.8. The van der Waals surface area contributed by atoms with Crippen LogP contribution in [0.1, 0.15) is 10.4 Å². The van der Waals surface area contributed by atoms with E-state index >= 15 is 0 Å². The number of nitrogens with one attached hydrogen (secondary N) is 2. The van der Waals surface area contributed by atoms with E-state index in [4.69, 9.17) is 11.6 Å². The molecule has 3 nitrogen and oxygen atoms in total. The lowest BCUT2D eigenvalue weighted by Gasteiger charge is -2.10. The van der Waals surface area contributed by atoms with Gasteiger partial charge in [0.05, 0.1) is 16.3 Å². The van der Waals surface area contributed by atoms with Gasteiger partial charge in [-0.2, -0.15) is 0 Å². The Hall–Kier alpha value is -2.07. The van der Waals surface area contributed by atoms with Gasteiger partial charge < -0.3 is 10.6 Å². The van der Waals surface area contributed by atoms with Gasteiger partial charge >= 0.3 is 0 Å². The summed E-state index contributed by atoms with van der Waals surface area (Å²) in [5.41, 5.74) is 1.16. The maximum Gasteiger partial charge on any atom is 0.257 e. The lowest BCUT2D eigenvalue weighted by Crippen LogP contribution is -2.14. The smallest absolute Gasteiger partial charge is 0.257 e. The quantitative estimate of drug-likeness (QED) is 0.897. The number of carbonyl (C=O) groups is 1. The second-order valence-corrected chi connectivity index (χ2v) is 4.26. The average molecular weight is 279 g/mol. The van der Waals surface area contributed by atoms with Crippen LogP contribution < -0.4 is 10.6 Å². The summed E-state index contributed by atoms with van der Waals surface area (Å²) in [6.07, 6.45) is 0. The third kappa shape index (κ3) is 2.85. The second-order valence-electron chi connectivity index (χ2n) is 3.85. The topological polar surface area (TPSA) is 41.1 Å². The van der Waals surface area contributed by atoms with Gasteiger partial charge in [-0.3, -0.25) is 4.79 Å². The summed E-state index contributed by atoms with van der Waals surface area (Å²) in [6, 6.07) is 11.4. The fraction of sp³-hybridized carbons (Fsp3) is 0.0714. The van der Waals surface area contributed by atoms with E-state index in [1.165, 1.54) is 12.1 Å². The van der Waals surface area contributed by atoms with E-state index in [1.54, 1.807) is 31.3 Å². The number of benzene rings is 2. The molecule has 0 bridgehead atoms. The van der Waals surface area contributed by atoms with E-state index in [1.807, 2.05) is 6.07 Å². The maximum atomic E-state index is 13.7. The van der Waals surface area contributed by atoms with Gasteiger partial charge in [0.1, 0.15) is 0 Å². The zero-order valence-corrected chi connectivity index (χ0v) is 11.0. The van der Waals surface area contributed by atoms with Crippen molar-refractivity contribution < 1.29 is 9.18 Å². The van der Waals surface area contributed by atoms with Crippen molar-refractivity contribution in [1.82, 2.24) is 0 Å². The van der Waals surface area contributed by atoms with Gasteiger partial charge in [0.25, 0.3) is 5.91 Å². The lowest BCUT2D eigenvalue weighted by atomic mass is 10.1. The second kappa shape index (κ2) is 5.71. The molecule has 2 aromatic carbocycles. The van der Waals surface area contributed by atoms with Gasteiger partial charge in [-0.15, -0.1) is 0 Å². The zero-order valence-electron chi connectivity index (χ0n) is 10.2. The van der Waals surface area contributed by atoms with E-state index < -0.39 is 11.7 Å². The molecular weight excluding hydrogens is 267 g/mol. The molecule has 0 unspecified atom stereocenters. The molecule has 0 aliphatic heterocycles. The van der Waals surface area contributed by atoms with Crippen molar-refractivity contribution in [2.75, 3.05) is 17.7 Å². The predicted octanol–water partition coefficient (Wildman–Crippen LogP) is 3.77. The van der Waals surface area contributed by atoms with Crippen molar-refractivity contribution in [3.8, 4) is 0 Å². The first-order chi connectivity index (χ1) is 9.13. The Labute approximate surface area is 115 Å². The Bertz CT molecular complexity index is 616. The molecular formula is C14H12ClFN2O. The highest BCUT2D eigenvalue weighted by molar-refractivity contribution is 6.31. The van der Waals surface area contributed by atoms with E-state index in [2.05, 4.69) is 10.6 Å². The molecule has 1 amide bonds. The lowest BCUT2D eigenvalue weighted by molar-refractivity contribution is 0.102. The van der Waals surface area contributed by atoms with Gasteiger partial charge in [-0.1, -0.05) is 29.8 Å². The van der Waals surface area contributed by atoms with Crippen LogP contribution in [-0.4, -0.2) is 13.0 Å². The van der Waals surface area contributed by atoms with Gasteiger partial charge in [-0.05, 0) is 24.3 Å². The standard InChI is InChI=1S/C14H12ClFN2O/c1-17-11-7-3-2-5-9(11)14(19)18-12-8-4-6-10(15)13(12)16/h2-8,17H,1H3,(H,18,19). The number of anilines is 2. The number of hydrogen-bond acceptors (Lipinski definition) is 2. The number of rotatable bonds is 3. The van der Waals surface area contributed by atoms with Crippen molar-refractivity contribution in [2.24, 2.45) is 0 Å². The molecule has 2 N–H and O–H groups in total. The molecule has 2 aromatic rings. The van der Waals surface area contributed by atoms with Crippen LogP contribution >= 0.6 is 11.6 Å². The molecule has 5 heteroatoms. The summed E-state index contributed by atoms with van der Waals surface area (Å²) in [6.45, 7) is 0. The van der Waals surface area contributed by atoms with Crippen LogP contribution in [-0.2, 0) is 0 Å². The maximum absolute atomic E-state index is 13.7. The minimum absolute atomic E-state index is 0.0281. The van der Waals surface area contributed by atoms with Crippen LogP contribution in [0.3, 0.4) is 0 Å². The van der Waals surface area contributed by atoms with Crippen LogP contribution in [0, 0.1) is 5.82 Å². The Kier molecular flexibility index (Phi) is 4.02. The predicted molar refractivity (Wildman–Crippen MR) is 75.4 cm³/mol. The van der Waals surface area contributed by atoms with Crippen LogP contribution in [0.5, 0.6) is 0 Å². The monoisotopic (exact) mass is 278 g/mol. The molecule has 0 radical (unpaired) electrons. The molecule has 0 spiro atoms. The molecule has 0 saturated carbocycles. The average Bonchev–Trinajstić information content (AvgIpc) is 2.43. The SMILES string of the molecule is CNc1ccccc1C(=O)Nc1cccc(Cl)c1F. The van der Waals surface area contributed by atoms with Crippen molar-refractivity contribution >= 4 is 28.9 Å². The third-order valence-corrected chi connectivity index (χ3v) is 2.93. The number of amides is 1. The van der Waals surface area contributed by atoms with Crippen LogP contribution in [0.2, 0.25) is 5.02 Å². The van der Waals surface area contributed by atoms with Crippen molar-refractivity contribution in [2.45, 2.75) is 0 Å². The van der Waals surface area contributed by atoms with Gasteiger partial charge in [0.2, 0.25) is 0 Å². The molecule has 0 saturated heterocycles. The van der Waals surface area contributed by atoms with Gasteiger partial charge in [0.15, 0.2) is 5.82 Å². The molecule has 0 aliphatic carbocycles. The Morgan fingerprint density at radius 2 is 1.79 bits per heavy atom. The van der Waals surface area contributed by atoms with Crippen LogP contribution in [0.4, 0.5) is 15.8 Å². The Morgan fingerprint density at radius 3 is 2.53 bits per heavy atom. The largest absolute Gasteiger partial charge is 0.387 e. The van der Waals surface area contributed by atoms with Gasteiger partial charge in [-0.25, -0.2) is 4.39 Å². The van der Waals surface area contributed by atoms with Crippen molar-refractivity contribution in [3.63, 3.8) is 0 Å². The molecule has 0 fully saturated rings. The number of carbonyl (C=O) groups excluding carboxylic acids is 1. The fourth-order valence-electron chi connectivity index (χ4n) is 1.69. The highest BCUT2D eigenvalue weighted by Crippen LogP contribution is 2.23. The van der Waals surface area contributed by atoms with E-state index in [-0.39, 0.29) is 10.7 Å². The van der Waals surface area contributed by atoms with E-state index in [0.717, 1.165) is 0 Å². The summed E-state index contributed by atoms with van der Waals surface area (Å²) < 4.78 is 13.7. The number of hydrogen-bond donors (Lipinski definition) is 2. The summed E-state index contributed by atoms with van der Waals surface area (Å²) in [5, 5.41) is 5.38.